The van der Waals surface area contributed by atoms with Crippen LogP contribution in [0.25, 0.3) is 10.9 Å². The van der Waals surface area contributed by atoms with Gasteiger partial charge in [-0.15, -0.1) is 11.8 Å². The van der Waals surface area contributed by atoms with Gasteiger partial charge in [-0.2, -0.15) is 0 Å². The second-order valence-electron chi connectivity index (χ2n) is 5.82. The molecule has 0 bridgehead atoms. The Labute approximate surface area is 162 Å². The van der Waals surface area contributed by atoms with E-state index in [1.807, 2.05) is 30.3 Å². The number of hydrogen-bond acceptors (Lipinski definition) is 5. The highest BCUT2D eigenvalue weighted by molar-refractivity contribution is 7.99. The van der Waals surface area contributed by atoms with Crippen molar-refractivity contribution in [1.82, 2.24) is 10.3 Å². The molecule has 1 N–H and O–H groups in total. The summed E-state index contributed by atoms with van der Waals surface area (Å²) < 4.78 is 5.13. The van der Waals surface area contributed by atoms with E-state index in [0.29, 0.717) is 17.6 Å². The lowest BCUT2D eigenvalue weighted by Crippen LogP contribution is -2.29. The van der Waals surface area contributed by atoms with Crippen LogP contribution < -0.4 is 5.32 Å². The van der Waals surface area contributed by atoms with Crippen LogP contribution in [0.5, 0.6) is 0 Å². The first-order valence-corrected chi connectivity index (χ1v) is 9.68. The fraction of sp³-hybridized carbons (Fsp3) is 0.190. The molecular weight excluding hydrogens is 360 g/mol. The van der Waals surface area contributed by atoms with Gasteiger partial charge in [0, 0.05) is 23.0 Å². The number of thioether (sulfide) groups is 1. The summed E-state index contributed by atoms with van der Waals surface area (Å²) in [6.07, 6.45) is 2.46. The first-order chi connectivity index (χ1) is 13.2. The molecule has 2 aromatic carbocycles. The largest absolute Gasteiger partial charge is 0.452 e. The van der Waals surface area contributed by atoms with Crippen LogP contribution in [0, 0.1) is 0 Å². The predicted octanol–water partition coefficient (Wildman–Crippen LogP) is 3.69. The summed E-state index contributed by atoms with van der Waals surface area (Å²) >= 11 is 1.75. The standard InChI is InChI=1S/C21H20N2O3S/c24-19(22-13-6-14-27-17-9-2-1-3-10-17)15-26-21(25)18-11-4-7-16-8-5-12-23-20(16)18/h1-5,7-12H,6,13-15H2,(H,22,24). The lowest BCUT2D eigenvalue weighted by molar-refractivity contribution is -0.124. The monoisotopic (exact) mass is 380 g/mol. The van der Waals surface area contributed by atoms with Gasteiger partial charge in [0.2, 0.25) is 0 Å². The Morgan fingerprint density at radius 3 is 2.67 bits per heavy atom. The first kappa shape index (κ1) is 18.9. The summed E-state index contributed by atoms with van der Waals surface area (Å²) in [7, 11) is 0. The third-order valence-corrected chi connectivity index (χ3v) is 4.94. The Morgan fingerprint density at radius 2 is 1.81 bits per heavy atom. The molecule has 5 nitrogen and oxygen atoms in total. The molecular formula is C21H20N2O3S. The maximum atomic E-state index is 12.3. The van der Waals surface area contributed by atoms with E-state index in [2.05, 4.69) is 22.4 Å². The van der Waals surface area contributed by atoms with Gasteiger partial charge >= 0.3 is 5.97 Å². The molecule has 0 unspecified atom stereocenters. The molecule has 1 amide bonds. The van der Waals surface area contributed by atoms with Gasteiger partial charge in [-0.05, 0) is 36.4 Å². The molecule has 0 atom stereocenters. The van der Waals surface area contributed by atoms with Crippen LogP contribution in [0.1, 0.15) is 16.8 Å². The van der Waals surface area contributed by atoms with E-state index in [1.165, 1.54) is 4.90 Å². The van der Waals surface area contributed by atoms with Crippen LogP contribution in [0.3, 0.4) is 0 Å². The lowest BCUT2D eigenvalue weighted by Gasteiger charge is -2.08. The van der Waals surface area contributed by atoms with Gasteiger partial charge in [-0.3, -0.25) is 9.78 Å². The average molecular weight is 380 g/mol. The van der Waals surface area contributed by atoms with Crippen molar-refractivity contribution in [2.24, 2.45) is 0 Å². The Bertz CT molecular complexity index is 910. The van der Waals surface area contributed by atoms with E-state index in [4.69, 9.17) is 4.74 Å². The Balaban J connectivity index is 1.39. The maximum Gasteiger partial charge on any atom is 0.340 e. The minimum Gasteiger partial charge on any atom is -0.452 e. The van der Waals surface area contributed by atoms with Crippen LogP contribution in [0.4, 0.5) is 0 Å². The lowest BCUT2D eigenvalue weighted by atomic mass is 10.1. The Morgan fingerprint density at radius 1 is 1.00 bits per heavy atom. The molecule has 0 aliphatic heterocycles. The molecule has 0 aliphatic rings. The maximum absolute atomic E-state index is 12.3. The van der Waals surface area contributed by atoms with Crippen molar-refractivity contribution in [1.29, 1.82) is 0 Å². The van der Waals surface area contributed by atoms with Gasteiger partial charge < -0.3 is 10.1 Å². The predicted molar refractivity (Wildman–Crippen MR) is 107 cm³/mol. The zero-order valence-corrected chi connectivity index (χ0v) is 15.6. The van der Waals surface area contributed by atoms with Gasteiger partial charge in [-0.1, -0.05) is 36.4 Å². The van der Waals surface area contributed by atoms with Gasteiger partial charge in [0.15, 0.2) is 6.61 Å². The van der Waals surface area contributed by atoms with Gasteiger partial charge in [0.1, 0.15) is 0 Å². The summed E-state index contributed by atoms with van der Waals surface area (Å²) in [5, 5.41) is 3.62. The summed E-state index contributed by atoms with van der Waals surface area (Å²) in [4.78, 5) is 29.5. The molecule has 6 heteroatoms. The number of ether oxygens (including phenoxy) is 1. The number of carbonyl (C=O) groups excluding carboxylic acids is 2. The number of esters is 1. The first-order valence-electron chi connectivity index (χ1n) is 8.69. The number of pyridine rings is 1. The summed E-state index contributed by atoms with van der Waals surface area (Å²) in [6, 6.07) is 19.1. The highest BCUT2D eigenvalue weighted by Gasteiger charge is 2.13. The molecule has 0 saturated carbocycles. The Kier molecular flexibility index (Phi) is 6.82. The van der Waals surface area contributed by atoms with E-state index in [-0.39, 0.29) is 12.5 Å². The third kappa shape index (κ3) is 5.56. The number of amides is 1. The molecule has 3 aromatic rings. The van der Waals surface area contributed by atoms with Crippen molar-refractivity contribution < 1.29 is 14.3 Å². The highest BCUT2D eigenvalue weighted by Crippen LogP contribution is 2.18. The van der Waals surface area contributed by atoms with Crippen molar-refractivity contribution in [3.05, 3.63) is 72.4 Å². The average Bonchev–Trinajstić information content (AvgIpc) is 2.72. The van der Waals surface area contributed by atoms with E-state index in [1.54, 1.807) is 36.2 Å². The van der Waals surface area contributed by atoms with Crippen molar-refractivity contribution in [2.75, 3.05) is 18.9 Å². The number of nitrogens with zero attached hydrogens (tertiary/aromatic N) is 1. The van der Waals surface area contributed by atoms with Crippen molar-refractivity contribution in [3.8, 4) is 0 Å². The minimum atomic E-state index is -0.547. The number of para-hydroxylation sites is 1. The molecule has 1 aromatic heterocycles. The fourth-order valence-corrected chi connectivity index (χ4v) is 3.41. The zero-order valence-electron chi connectivity index (χ0n) is 14.8. The molecule has 0 radical (unpaired) electrons. The molecule has 0 fully saturated rings. The van der Waals surface area contributed by atoms with E-state index >= 15 is 0 Å². The number of fused-ring (bicyclic) bond motifs is 1. The van der Waals surface area contributed by atoms with Crippen LogP contribution in [-0.2, 0) is 9.53 Å². The van der Waals surface area contributed by atoms with Crippen molar-refractivity contribution in [2.45, 2.75) is 11.3 Å². The summed E-state index contributed by atoms with van der Waals surface area (Å²) in [5.74, 6) is 0.0570. The van der Waals surface area contributed by atoms with Crippen LogP contribution in [0.15, 0.2) is 71.8 Å². The second kappa shape index (κ2) is 9.73. The molecule has 3 rings (SSSR count). The molecule has 0 saturated heterocycles. The summed E-state index contributed by atoms with van der Waals surface area (Å²) in [5.41, 5.74) is 0.934. The van der Waals surface area contributed by atoms with Crippen LogP contribution >= 0.6 is 11.8 Å². The van der Waals surface area contributed by atoms with Crippen LogP contribution in [-0.4, -0.2) is 35.8 Å². The second-order valence-corrected chi connectivity index (χ2v) is 6.99. The molecule has 0 aliphatic carbocycles. The number of benzene rings is 2. The van der Waals surface area contributed by atoms with E-state index in [9.17, 15) is 9.59 Å². The highest BCUT2D eigenvalue weighted by atomic mass is 32.2. The van der Waals surface area contributed by atoms with E-state index < -0.39 is 5.97 Å². The third-order valence-electron chi connectivity index (χ3n) is 3.84. The molecule has 1 heterocycles. The van der Waals surface area contributed by atoms with Crippen LogP contribution in [0.2, 0.25) is 0 Å². The van der Waals surface area contributed by atoms with Gasteiger partial charge in [0.25, 0.3) is 5.91 Å². The van der Waals surface area contributed by atoms with E-state index in [0.717, 1.165) is 17.6 Å². The van der Waals surface area contributed by atoms with Crippen molar-refractivity contribution in [3.63, 3.8) is 0 Å². The number of rotatable bonds is 8. The molecule has 27 heavy (non-hydrogen) atoms. The normalized spacial score (nSPS) is 10.5. The topological polar surface area (TPSA) is 68.3 Å². The SMILES string of the molecule is O=C(COC(=O)c1cccc2cccnc12)NCCCSc1ccccc1. The van der Waals surface area contributed by atoms with Gasteiger partial charge in [0.05, 0.1) is 11.1 Å². The smallest absolute Gasteiger partial charge is 0.340 e. The quantitative estimate of drug-likeness (QED) is 0.367. The number of hydrogen-bond donors (Lipinski definition) is 1. The fourth-order valence-electron chi connectivity index (χ4n) is 2.54. The van der Waals surface area contributed by atoms with Crippen molar-refractivity contribution >= 4 is 34.5 Å². The Hall–Kier alpha value is -2.86. The molecule has 138 valence electrons. The molecule has 0 spiro atoms. The zero-order chi connectivity index (χ0) is 18.9. The summed E-state index contributed by atoms with van der Waals surface area (Å²) in [6.45, 7) is 0.250. The number of carbonyl (C=O) groups is 2. The minimum absolute atomic E-state index is 0.298. The number of nitrogens with one attached hydrogen (secondary N) is 1. The number of aromatic nitrogens is 1. The van der Waals surface area contributed by atoms with Gasteiger partial charge in [-0.25, -0.2) is 4.79 Å².